The zero-order valence-electron chi connectivity index (χ0n) is 13.6. The molecule has 2 aromatic rings. The first-order valence-corrected chi connectivity index (χ1v) is 10.3. The highest BCUT2D eigenvalue weighted by Crippen LogP contribution is 2.46. The maximum atomic E-state index is 10.6. The Bertz CT molecular complexity index is 633. The lowest BCUT2D eigenvalue weighted by Gasteiger charge is -2.41. The van der Waals surface area contributed by atoms with Crippen molar-refractivity contribution in [2.24, 2.45) is 0 Å². The van der Waals surface area contributed by atoms with Crippen LogP contribution in [0.2, 0.25) is 0 Å². The van der Waals surface area contributed by atoms with Crippen LogP contribution in [0.1, 0.15) is 35.3 Å². The molecule has 0 unspecified atom stereocenters. The average molecular weight is 394 g/mol. The number of rotatable bonds is 5. The Morgan fingerprint density at radius 2 is 2.04 bits per heavy atom. The van der Waals surface area contributed by atoms with E-state index in [0.717, 1.165) is 49.7 Å². The van der Waals surface area contributed by atoms with Crippen molar-refractivity contribution >= 4 is 27.3 Å². The monoisotopic (exact) mass is 393 g/mol. The lowest BCUT2D eigenvalue weighted by Crippen LogP contribution is -2.41. The summed E-state index contributed by atoms with van der Waals surface area (Å²) in [5.41, 5.74) is 2.42. The van der Waals surface area contributed by atoms with Crippen molar-refractivity contribution in [2.75, 3.05) is 25.5 Å². The summed E-state index contributed by atoms with van der Waals surface area (Å²) in [6, 6.07) is 10.6. The van der Waals surface area contributed by atoms with Gasteiger partial charge in [-0.3, -0.25) is 0 Å². The Kier molecular flexibility index (Phi) is 5.45. The zero-order valence-corrected chi connectivity index (χ0v) is 16.0. The van der Waals surface area contributed by atoms with Gasteiger partial charge in [-0.1, -0.05) is 34.1 Å². The van der Waals surface area contributed by atoms with Crippen LogP contribution >= 0.6 is 27.3 Å². The fraction of sp³-hybridized carbons (Fsp3) is 0.474. The summed E-state index contributed by atoms with van der Waals surface area (Å²) in [5.74, 6) is 0.450. The van der Waals surface area contributed by atoms with Gasteiger partial charge in [0.05, 0.1) is 0 Å². The smallest absolute Gasteiger partial charge is 0.119 e. The largest absolute Gasteiger partial charge is 0.508 e. The minimum absolute atomic E-state index is 0.0326. The van der Waals surface area contributed by atoms with Gasteiger partial charge < -0.3 is 10.0 Å². The normalized spacial score (nSPS) is 18.2. The van der Waals surface area contributed by atoms with E-state index in [2.05, 4.69) is 57.5 Å². The summed E-state index contributed by atoms with van der Waals surface area (Å²) in [6.07, 6.45) is 4.32. The maximum Gasteiger partial charge on any atom is 0.119 e. The fourth-order valence-electron chi connectivity index (χ4n) is 3.59. The third kappa shape index (κ3) is 3.49. The summed E-state index contributed by atoms with van der Waals surface area (Å²) in [6.45, 7) is 2.14. The molecule has 0 radical (unpaired) electrons. The van der Waals surface area contributed by atoms with E-state index in [9.17, 15) is 5.11 Å². The van der Waals surface area contributed by atoms with E-state index in [1.807, 2.05) is 17.4 Å². The van der Waals surface area contributed by atoms with Crippen molar-refractivity contribution < 1.29 is 5.11 Å². The Labute approximate surface area is 151 Å². The predicted octanol–water partition coefficient (Wildman–Crippen LogP) is 4.79. The molecule has 4 heteroatoms. The molecule has 1 N–H and O–H groups in total. The number of halogens is 1. The van der Waals surface area contributed by atoms with Crippen LogP contribution in [-0.4, -0.2) is 35.5 Å². The van der Waals surface area contributed by atoms with Crippen LogP contribution in [0.15, 0.2) is 35.7 Å². The molecule has 0 saturated carbocycles. The number of piperidine rings is 1. The number of phenols is 1. The second-order valence-corrected chi connectivity index (χ2v) is 8.25. The molecule has 0 spiro atoms. The molecular weight excluding hydrogens is 370 g/mol. The minimum Gasteiger partial charge on any atom is -0.508 e. The molecule has 1 aromatic heterocycles. The van der Waals surface area contributed by atoms with E-state index in [1.54, 1.807) is 0 Å². The zero-order chi connectivity index (χ0) is 16.3. The minimum atomic E-state index is -0.0326. The van der Waals surface area contributed by atoms with Crippen molar-refractivity contribution in [3.05, 3.63) is 51.7 Å². The van der Waals surface area contributed by atoms with Gasteiger partial charge in [0.25, 0.3) is 0 Å². The number of aromatic hydroxyl groups is 1. The highest BCUT2D eigenvalue weighted by atomic mass is 79.9. The molecular formula is C19H24BrNOS. The molecule has 1 saturated heterocycles. The van der Waals surface area contributed by atoms with Crippen molar-refractivity contribution in [1.82, 2.24) is 4.90 Å². The van der Waals surface area contributed by atoms with E-state index < -0.39 is 0 Å². The molecule has 2 heterocycles. The number of nitrogens with zero attached hydrogens (tertiary/aromatic N) is 1. The van der Waals surface area contributed by atoms with Gasteiger partial charge in [-0.25, -0.2) is 0 Å². The first kappa shape index (κ1) is 17.0. The molecule has 0 bridgehead atoms. The first-order valence-electron chi connectivity index (χ1n) is 8.26. The summed E-state index contributed by atoms with van der Waals surface area (Å²) in [4.78, 5) is 3.77. The van der Waals surface area contributed by atoms with Gasteiger partial charge in [-0.05, 0) is 68.9 Å². The lowest BCUT2D eigenvalue weighted by atomic mass is 9.71. The number of hydrogen-bond acceptors (Lipinski definition) is 3. The predicted molar refractivity (Wildman–Crippen MR) is 102 cm³/mol. The fourth-order valence-corrected chi connectivity index (χ4v) is 4.87. The van der Waals surface area contributed by atoms with Gasteiger partial charge in [0.1, 0.15) is 5.75 Å². The highest BCUT2D eigenvalue weighted by Gasteiger charge is 2.39. The van der Waals surface area contributed by atoms with E-state index in [-0.39, 0.29) is 5.41 Å². The van der Waals surface area contributed by atoms with E-state index in [1.165, 1.54) is 10.4 Å². The van der Waals surface area contributed by atoms with Crippen molar-refractivity contribution in [1.29, 1.82) is 0 Å². The highest BCUT2D eigenvalue weighted by molar-refractivity contribution is 9.09. The number of thiophene rings is 1. The third-order valence-corrected chi connectivity index (χ3v) is 6.64. The van der Waals surface area contributed by atoms with Gasteiger partial charge in [0.15, 0.2) is 0 Å². The maximum absolute atomic E-state index is 10.6. The third-order valence-electron chi connectivity index (χ3n) is 5.01. The molecule has 2 nitrogen and oxygen atoms in total. The molecule has 1 fully saturated rings. The number of phenolic OH excluding ortho intramolecular Hbond substituents is 1. The van der Waals surface area contributed by atoms with Crippen LogP contribution in [0.25, 0.3) is 0 Å². The number of benzene rings is 1. The topological polar surface area (TPSA) is 23.5 Å². The number of likely N-dealkylation sites (tertiary alicyclic amines) is 1. The first-order chi connectivity index (χ1) is 11.2. The Balaban J connectivity index is 2.03. The molecule has 3 rings (SSSR count). The van der Waals surface area contributed by atoms with Crippen LogP contribution in [0.3, 0.4) is 0 Å². The van der Waals surface area contributed by atoms with Gasteiger partial charge in [-0.2, -0.15) is 0 Å². The lowest BCUT2D eigenvalue weighted by molar-refractivity contribution is 0.212. The van der Waals surface area contributed by atoms with E-state index in [0.29, 0.717) is 5.75 Å². The quantitative estimate of drug-likeness (QED) is 0.737. The summed E-state index contributed by atoms with van der Waals surface area (Å²) >= 11 is 5.33. The Morgan fingerprint density at radius 1 is 1.26 bits per heavy atom. The molecule has 1 aliphatic rings. The molecule has 23 heavy (non-hydrogen) atoms. The van der Waals surface area contributed by atoms with Gasteiger partial charge >= 0.3 is 0 Å². The molecule has 0 amide bonds. The van der Waals surface area contributed by atoms with Gasteiger partial charge in [-0.15, -0.1) is 11.3 Å². The van der Waals surface area contributed by atoms with Crippen LogP contribution in [0, 0.1) is 0 Å². The Hall–Kier alpha value is -0.840. The second kappa shape index (κ2) is 7.37. The van der Waals surface area contributed by atoms with Crippen LogP contribution < -0.4 is 0 Å². The van der Waals surface area contributed by atoms with Crippen molar-refractivity contribution in [2.45, 2.75) is 31.1 Å². The molecule has 0 aliphatic carbocycles. The SMILES string of the molecule is CN1CCC(c2cccs2)(c2cc(CCCBr)ccc2O)CC1. The number of aryl methyl sites for hydroxylation is 1. The Morgan fingerprint density at radius 3 is 2.70 bits per heavy atom. The van der Waals surface area contributed by atoms with Crippen LogP contribution in [0.4, 0.5) is 0 Å². The summed E-state index contributed by atoms with van der Waals surface area (Å²) < 4.78 is 0. The van der Waals surface area contributed by atoms with Crippen molar-refractivity contribution in [3.63, 3.8) is 0 Å². The number of hydrogen-bond donors (Lipinski definition) is 1. The average Bonchev–Trinajstić information content (AvgIpc) is 3.10. The summed E-state index contributed by atoms with van der Waals surface area (Å²) in [5, 5.41) is 13.8. The van der Waals surface area contributed by atoms with E-state index >= 15 is 0 Å². The molecule has 0 atom stereocenters. The van der Waals surface area contributed by atoms with E-state index in [4.69, 9.17) is 0 Å². The molecule has 1 aliphatic heterocycles. The number of alkyl halides is 1. The second-order valence-electron chi connectivity index (χ2n) is 6.51. The molecule has 1 aromatic carbocycles. The van der Waals surface area contributed by atoms with Gasteiger partial charge in [0.2, 0.25) is 0 Å². The standard InChI is InChI=1S/C19H24BrNOS/c1-21-11-8-19(9-12-21,18-5-3-13-23-18)16-14-15(4-2-10-20)6-7-17(16)22/h3,5-7,13-14,22H,2,4,8-12H2,1H3. The van der Waals surface area contributed by atoms with Crippen LogP contribution in [-0.2, 0) is 11.8 Å². The molecule has 124 valence electrons. The summed E-state index contributed by atoms with van der Waals surface area (Å²) in [7, 11) is 2.19. The van der Waals surface area contributed by atoms with Crippen molar-refractivity contribution in [3.8, 4) is 5.75 Å². The van der Waals surface area contributed by atoms with Crippen LogP contribution in [0.5, 0.6) is 5.75 Å². The van der Waals surface area contributed by atoms with Gasteiger partial charge in [0, 0.05) is 21.2 Å².